The summed E-state index contributed by atoms with van der Waals surface area (Å²) < 4.78 is 0. The molecule has 0 unspecified atom stereocenters. The van der Waals surface area contributed by atoms with E-state index in [-0.39, 0.29) is 18.4 Å². The molecule has 0 atom stereocenters. The van der Waals surface area contributed by atoms with Crippen molar-refractivity contribution in [1.29, 1.82) is 0 Å². The SMILES string of the molecule is CC1(C)N=C(N)N=C(N)N1c1cccc(CNc2ccccc2)c1.Cl. The maximum absolute atomic E-state index is 6.09. The lowest BCUT2D eigenvalue weighted by Crippen LogP contribution is -2.54. The molecule has 132 valence electrons. The predicted octanol–water partition coefficient (Wildman–Crippen LogP) is 2.91. The molecule has 0 aromatic heterocycles. The van der Waals surface area contributed by atoms with Crippen molar-refractivity contribution in [3.8, 4) is 0 Å². The second kappa shape index (κ2) is 7.44. The van der Waals surface area contributed by atoms with E-state index in [4.69, 9.17) is 11.5 Å². The number of rotatable bonds is 4. The number of benzene rings is 2. The number of aliphatic imine (C=N–C) groups is 2. The Labute approximate surface area is 154 Å². The van der Waals surface area contributed by atoms with E-state index < -0.39 is 5.66 Å². The maximum atomic E-state index is 6.09. The van der Waals surface area contributed by atoms with E-state index in [0.717, 1.165) is 16.9 Å². The van der Waals surface area contributed by atoms with E-state index in [1.54, 1.807) is 0 Å². The van der Waals surface area contributed by atoms with Gasteiger partial charge in [-0.05, 0) is 43.7 Å². The van der Waals surface area contributed by atoms with Gasteiger partial charge in [-0.1, -0.05) is 30.3 Å². The van der Waals surface area contributed by atoms with Gasteiger partial charge in [0.05, 0.1) is 0 Å². The lowest BCUT2D eigenvalue weighted by atomic mass is 10.1. The van der Waals surface area contributed by atoms with Gasteiger partial charge >= 0.3 is 0 Å². The Morgan fingerprint density at radius 2 is 1.76 bits per heavy atom. The van der Waals surface area contributed by atoms with E-state index in [2.05, 4.69) is 27.4 Å². The molecule has 0 saturated carbocycles. The Hall–Kier alpha value is -2.73. The van der Waals surface area contributed by atoms with Crippen LogP contribution in [0.3, 0.4) is 0 Å². The fourth-order valence-electron chi connectivity index (χ4n) is 2.82. The first-order valence-corrected chi connectivity index (χ1v) is 7.83. The van der Waals surface area contributed by atoms with Gasteiger partial charge in [-0.15, -0.1) is 12.4 Å². The highest BCUT2D eigenvalue weighted by Gasteiger charge is 2.32. The van der Waals surface area contributed by atoms with Crippen LogP contribution in [0.15, 0.2) is 64.6 Å². The molecular formula is C18H23ClN6. The van der Waals surface area contributed by atoms with Crippen molar-refractivity contribution in [2.75, 3.05) is 10.2 Å². The van der Waals surface area contributed by atoms with E-state index in [9.17, 15) is 0 Å². The number of hydrogen-bond donors (Lipinski definition) is 3. The molecule has 7 heteroatoms. The van der Waals surface area contributed by atoms with E-state index >= 15 is 0 Å². The summed E-state index contributed by atoms with van der Waals surface area (Å²) in [6.07, 6.45) is 0. The molecule has 0 bridgehead atoms. The number of para-hydroxylation sites is 1. The van der Waals surface area contributed by atoms with Crippen LogP contribution in [0.25, 0.3) is 0 Å². The van der Waals surface area contributed by atoms with Crippen molar-refractivity contribution in [2.45, 2.75) is 26.1 Å². The number of nitrogens with two attached hydrogens (primary N) is 2. The zero-order valence-corrected chi connectivity index (χ0v) is 15.1. The molecule has 0 amide bonds. The van der Waals surface area contributed by atoms with Gasteiger partial charge in [-0.2, -0.15) is 4.99 Å². The highest BCUT2D eigenvalue weighted by atomic mass is 35.5. The molecule has 2 aromatic rings. The molecule has 0 aliphatic carbocycles. The first-order valence-electron chi connectivity index (χ1n) is 7.83. The lowest BCUT2D eigenvalue weighted by molar-refractivity contribution is 0.534. The van der Waals surface area contributed by atoms with Crippen LogP contribution in [-0.2, 0) is 6.54 Å². The van der Waals surface area contributed by atoms with Crippen molar-refractivity contribution in [1.82, 2.24) is 0 Å². The van der Waals surface area contributed by atoms with Crippen LogP contribution < -0.4 is 21.7 Å². The normalized spacial score (nSPS) is 15.7. The minimum atomic E-state index is -0.582. The smallest absolute Gasteiger partial charge is 0.220 e. The van der Waals surface area contributed by atoms with Crippen molar-refractivity contribution >= 4 is 35.7 Å². The molecule has 25 heavy (non-hydrogen) atoms. The summed E-state index contributed by atoms with van der Waals surface area (Å²) >= 11 is 0. The summed E-state index contributed by atoms with van der Waals surface area (Å²) in [5.74, 6) is 0.552. The molecule has 0 fully saturated rings. The van der Waals surface area contributed by atoms with Gasteiger partial charge in [-0.25, -0.2) is 4.99 Å². The summed E-state index contributed by atoms with van der Waals surface area (Å²) in [4.78, 5) is 10.4. The second-order valence-corrected chi connectivity index (χ2v) is 6.16. The van der Waals surface area contributed by atoms with Crippen LogP contribution in [0.2, 0.25) is 0 Å². The van der Waals surface area contributed by atoms with Crippen molar-refractivity contribution in [2.24, 2.45) is 21.5 Å². The second-order valence-electron chi connectivity index (χ2n) is 6.16. The van der Waals surface area contributed by atoms with Gasteiger partial charge < -0.3 is 16.8 Å². The van der Waals surface area contributed by atoms with E-state index in [0.29, 0.717) is 12.5 Å². The average molecular weight is 359 g/mol. The van der Waals surface area contributed by atoms with Crippen molar-refractivity contribution in [3.05, 3.63) is 60.2 Å². The van der Waals surface area contributed by atoms with Crippen LogP contribution in [0, 0.1) is 0 Å². The van der Waals surface area contributed by atoms with Crippen molar-refractivity contribution < 1.29 is 0 Å². The third-order valence-electron chi connectivity index (χ3n) is 3.83. The number of anilines is 2. The van der Waals surface area contributed by atoms with Crippen LogP contribution in [0.1, 0.15) is 19.4 Å². The van der Waals surface area contributed by atoms with Gasteiger partial charge in [0.2, 0.25) is 11.9 Å². The lowest BCUT2D eigenvalue weighted by Gasteiger charge is -2.38. The van der Waals surface area contributed by atoms with Crippen molar-refractivity contribution in [3.63, 3.8) is 0 Å². The summed E-state index contributed by atoms with van der Waals surface area (Å²) in [7, 11) is 0. The molecule has 3 rings (SSSR count). The first kappa shape index (κ1) is 18.6. The number of nitrogens with one attached hydrogen (secondary N) is 1. The minimum absolute atomic E-state index is 0. The zero-order valence-electron chi connectivity index (χ0n) is 14.3. The van der Waals surface area contributed by atoms with Gasteiger partial charge in [0.1, 0.15) is 5.66 Å². The Kier molecular flexibility index (Phi) is 5.54. The van der Waals surface area contributed by atoms with E-state index in [1.165, 1.54) is 0 Å². The molecule has 5 N–H and O–H groups in total. The molecule has 1 aliphatic heterocycles. The van der Waals surface area contributed by atoms with Crippen LogP contribution in [0.4, 0.5) is 11.4 Å². The average Bonchev–Trinajstić information content (AvgIpc) is 2.52. The molecule has 2 aromatic carbocycles. The zero-order chi connectivity index (χ0) is 17.2. The third-order valence-corrected chi connectivity index (χ3v) is 3.83. The topological polar surface area (TPSA) is 92.0 Å². The molecule has 0 spiro atoms. The molecule has 0 saturated heterocycles. The summed E-state index contributed by atoms with van der Waals surface area (Å²) in [6, 6.07) is 18.2. The monoisotopic (exact) mass is 358 g/mol. The minimum Gasteiger partial charge on any atom is -0.381 e. The number of hydrogen-bond acceptors (Lipinski definition) is 6. The number of nitrogens with zero attached hydrogens (tertiary/aromatic N) is 3. The Morgan fingerprint density at radius 3 is 2.44 bits per heavy atom. The third kappa shape index (κ3) is 4.22. The summed E-state index contributed by atoms with van der Waals surface area (Å²) in [5.41, 5.74) is 14.4. The van der Waals surface area contributed by atoms with Gasteiger partial charge in [0.25, 0.3) is 0 Å². The quantitative estimate of drug-likeness (QED) is 0.783. The fraction of sp³-hybridized carbons (Fsp3) is 0.222. The van der Waals surface area contributed by atoms with Gasteiger partial charge in [0, 0.05) is 17.9 Å². The first-order chi connectivity index (χ1) is 11.5. The fourth-order valence-corrected chi connectivity index (χ4v) is 2.82. The predicted molar refractivity (Wildman–Crippen MR) is 107 cm³/mol. The summed E-state index contributed by atoms with van der Waals surface area (Å²) in [6.45, 7) is 4.63. The van der Waals surface area contributed by atoms with Crippen LogP contribution in [-0.4, -0.2) is 17.6 Å². The molecule has 1 heterocycles. The highest BCUT2D eigenvalue weighted by molar-refractivity contribution is 6.05. The standard InChI is InChI=1S/C18H22N6.ClH/c1-18(2)23-16(19)22-17(20)24(18)15-10-6-7-13(11-15)12-21-14-8-4-3-5-9-14;/h3-11,21H,12H2,1-2H3,(H4,19,20,22,23);1H. The molecular weight excluding hydrogens is 336 g/mol. The largest absolute Gasteiger partial charge is 0.381 e. The maximum Gasteiger partial charge on any atom is 0.220 e. The molecule has 6 nitrogen and oxygen atoms in total. The molecule has 1 aliphatic rings. The van der Waals surface area contributed by atoms with Crippen LogP contribution >= 0.6 is 12.4 Å². The van der Waals surface area contributed by atoms with Crippen LogP contribution in [0.5, 0.6) is 0 Å². The number of halogens is 1. The Bertz CT molecular complexity index is 785. The number of guanidine groups is 2. The molecule has 0 radical (unpaired) electrons. The Morgan fingerprint density at radius 1 is 1.04 bits per heavy atom. The van der Waals surface area contributed by atoms with Gasteiger partial charge in [0.15, 0.2) is 0 Å². The summed E-state index contributed by atoms with van der Waals surface area (Å²) in [5, 5.41) is 3.40. The Balaban J connectivity index is 0.00000225. The highest BCUT2D eigenvalue weighted by Crippen LogP contribution is 2.28. The van der Waals surface area contributed by atoms with Gasteiger partial charge in [-0.3, -0.25) is 4.90 Å². The van der Waals surface area contributed by atoms with E-state index in [1.807, 2.05) is 61.2 Å².